The number of halogens is 1. The summed E-state index contributed by atoms with van der Waals surface area (Å²) in [5.41, 5.74) is 1.09. The second-order valence-corrected chi connectivity index (χ2v) is 5.55. The van der Waals surface area contributed by atoms with Crippen LogP contribution in [0.15, 0.2) is 47.0 Å². The molecule has 2 aromatic heterocycles. The van der Waals surface area contributed by atoms with E-state index in [0.29, 0.717) is 16.1 Å². The number of amides is 1. The third-order valence-corrected chi connectivity index (χ3v) is 3.83. The predicted molar refractivity (Wildman–Crippen MR) is 86.1 cm³/mol. The van der Waals surface area contributed by atoms with E-state index < -0.39 is 0 Å². The number of carbonyl (C=O) groups is 1. The van der Waals surface area contributed by atoms with Crippen LogP contribution in [0.3, 0.4) is 0 Å². The molecule has 4 nitrogen and oxygen atoms in total. The van der Waals surface area contributed by atoms with Gasteiger partial charge in [-0.15, -0.1) is 0 Å². The van der Waals surface area contributed by atoms with Gasteiger partial charge in [-0.05, 0) is 50.2 Å². The highest BCUT2D eigenvalue weighted by atomic mass is 35.5. The summed E-state index contributed by atoms with van der Waals surface area (Å²) in [4.78, 5) is 16.8. The molecule has 22 heavy (non-hydrogen) atoms. The molecule has 0 saturated heterocycles. The Bertz CT molecular complexity index is 842. The predicted octanol–water partition coefficient (Wildman–Crippen LogP) is 4.28. The minimum Gasteiger partial charge on any atom is -0.464 e. The summed E-state index contributed by atoms with van der Waals surface area (Å²) in [6.45, 7) is 3.75. The summed E-state index contributed by atoms with van der Waals surface area (Å²) in [6.07, 6.45) is 1.65. The molecule has 0 aliphatic heterocycles. The number of fused-ring (bicyclic) bond motifs is 1. The Labute approximate surface area is 133 Å². The van der Waals surface area contributed by atoms with Crippen molar-refractivity contribution in [2.24, 2.45) is 0 Å². The first-order chi connectivity index (χ1) is 10.6. The van der Waals surface area contributed by atoms with Gasteiger partial charge in [0.15, 0.2) is 0 Å². The van der Waals surface area contributed by atoms with Crippen molar-refractivity contribution in [2.45, 2.75) is 19.9 Å². The highest BCUT2D eigenvalue weighted by molar-refractivity contribution is 6.36. The maximum absolute atomic E-state index is 12.5. The van der Waals surface area contributed by atoms with Gasteiger partial charge in [0.05, 0.1) is 22.1 Å². The summed E-state index contributed by atoms with van der Waals surface area (Å²) in [5, 5.41) is 4.26. The number of pyridine rings is 1. The van der Waals surface area contributed by atoms with Crippen LogP contribution in [0.25, 0.3) is 10.9 Å². The van der Waals surface area contributed by atoms with E-state index in [1.54, 1.807) is 24.4 Å². The van der Waals surface area contributed by atoms with E-state index in [2.05, 4.69) is 10.3 Å². The molecular weight excluding hydrogens is 300 g/mol. The van der Waals surface area contributed by atoms with Crippen molar-refractivity contribution in [2.75, 3.05) is 0 Å². The van der Waals surface area contributed by atoms with Crippen molar-refractivity contribution < 1.29 is 9.21 Å². The van der Waals surface area contributed by atoms with E-state index >= 15 is 0 Å². The average Bonchev–Trinajstić information content (AvgIpc) is 2.94. The molecule has 1 N–H and O–H groups in total. The fourth-order valence-electron chi connectivity index (χ4n) is 2.35. The summed E-state index contributed by atoms with van der Waals surface area (Å²) in [7, 11) is 0. The van der Waals surface area contributed by atoms with E-state index in [-0.39, 0.29) is 11.9 Å². The first kappa shape index (κ1) is 14.6. The molecule has 1 aromatic carbocycles. The molecule has 112 valence electrons. The van der Waals surface area contributed by atoms with Crippen molar-refractivity contribution in [3.63, 3.8) is 0 Å². The number of nitrogens with one attached hydrogen (secondary N) is 1. The summed E-state index contributed by atoms with van der Waals surface area (Å²) in [5.74, 6) is 1.33. The van der Waals surface area contributed by atoms with Gasteiger partial charge in [0.2, 0.25) is 0 Å². The second kappa shape index (κ2) is 5.81. The van der Waals surface area contributed by atoms with Gasteiger partial charge in [0, 0.05) is 11.6 Å². The van der Waals surface area contributed by atoms with Crippen molar-refractivity contribution >= 4 is 28.4 Å². The Morgan fingerprint density at radius 2 is 2.09 bits per heavy atom. The van der Waals surface area contributed by atoms with Crippen molar-refractivity contribution in [1.29, 1.82) is 0 Å². The van der Waals surface area contributed by atoms with E-state index in [1.807, 2.05) is 32.0 Å². The first-order valence-electron chi connectivity index (χ1n) is 6.96. The third-order valence-electron chi connectivity index (χ3n) is 3.50. The number of aromatic nitrogens is 1. The van der Waals surface area contributed by atoms with Crippen LogP contribution >= 0.6 is 11.6 Å². The summed E-state index contributed by atoms with van der Waals surface area (Å²) >= 11 is 6.15. The number of carbonyl (C=O) groups excluding carboxylic acids is 1. The van der Waals surface area contributed by atoms with Gasteiger partial charge in [-0.25, -0.2) is 0 Å². The Balaban J connectivity index is 1.91. The zero-order chi connectivity index (χ0) is 15.7. The normalized spacial score (nSPS) is 12.3. The van der Waals surface area contributed by atoms with E-state index in [0.717, 1.165) is 16.9 Å². The zero-order valence-corrected chi connectivity index (χ0v) is 13.0. The van der Waals surface area contributed by atoms with Crippen molar-refractivity contribution in [3.05, 3.63) is 64.7 Å². The lowest BCUT2D eigenvalue weighted by Crippen LogP contribution is -2.26. The van der Waals surface area contributed by atoms with E-state index in [1.165, 1.54) is 0 Å². The maximum atomic E-state index is 12.5. The van der Waals surface area contributed by atoms with Crippen LogP contribution in [0.1, 0.15) is 34.8 Å². The monoisotopic (exact) mass is 314 g/mol. The Kier molecular flexibility index (Phi) is 3.86. The molecule has 5 heteroatoms. The van der Waals surface area contributed by atoms with Crippen molar-refractivity contribution in [1.82, 2.24) is 10.3 Å². The van der Waals surface area contributed by atoms with Crippen LogP contribution in [0.4, 0.5) is 0 Å². The zero-order valence-electron chi connectivity index (χ0n) is 12.3. The summed E-state index contributed by atoms with van der Waals surface area (Å²) < 4.78 is 5.54. The standard InChI is InChI=1S/C17H15ClN2O2/c1-10-5-8-15(22-10)11(2)20-17(21)13-6-7-14(18)12-4-3-9-19-16(12)13/h3-9,11H,1-2H3,(H,20,21). The molecule has 2 heterocycles. The van der Waals surface area contributed by atoms with Crippen molar-refractivity contribution in [3.8, 4) is 0 Å². The minimum absolute atomic E-state index is 0.207. The quantitative estimate of drug-likeness (QED) is 0.785. The SMILES string of the molecule is Cc1ccc(C(C)NC(=O)c2ccc(Cl)c3cccnc23)o1. The lowest BCUT2D eigenvalue weighted by Gasteiger charge is -2.13. The largest absolute Gasteiger partial charge is 0.464 e. The maximum Gasteiger partial charge on any atom is 0.254 e. The number of furan rings is 1. The van der Waals surface area contributed by atoms with Gasteiger partial charge in [-0.1, -0.05) is 11.6 Å². The molecule has 0 aliphatic carbocycles. The number of rotatable bonds is 3. The number of aryl methyl sites for hydroxylation is 1. The van der Waals surface area contributed by atoms with Gasteiger partial charge in [-0.3, -0.25) is 9.78 Å². The number of nitrogens with zero attached hydrogens (tertiary/aromatic N) is 1. The van der Waals surface area contributed by atoms with E-state index in [9.17, 15) is 4.79 Å². The number of benzene rings is 1. The topological polar surface area (TPSA) is 55.1 Å². The van der Waals surface area contributed by atoms with Crippen LogP contribution in [0, 0.1) is 6.92 Å². The minimum atomic E-state index is -0.226. The smallest absolute Gasteiger partial charge is 0.254 e. The lowest BCUT2D eigenvalue weighted by molar-refractivity contribution is 0.0936. The molecule has 1 atom stereocenters. The van der Waals surface area contributed by atoms with Gasteiger partial charge >= 0.3 is 0 Å². The molecule has 0 aliphatic rings. The molecule has 1 unspecified atom stereocenters. The van der Waals surface area contributed by atoms with Gasteiger partial charge < -0.3 is 9.73 Å². The molecule has 3 aromatic rings. The van der Waals surface area contributed by atoms with Gasteiger partial charge in [0.25, 0.3) is 5.91 Å². The van der Waals surface area contributed by atoms with E-state index in [4.69, 9.17) is 16.0 Å². The average molecular weight is 315 g/mol. The second-order valence-electron chi connectivity index (χ2n) is 5.14. The highest BCUT2D eigenvalue weighted by Gasteiger charge is 2.17. The van der Waals surface area contributed by atoms with Crippen LogP contribution in [-0.4, -0.2) is 10.9 Å². The van der Waals surface area contributed by atoms with Gasteiger partial charge in [-0.2, -0.15) is 0 Å². The third kappa shape index (κ3) is 2.70. The van der Waals surface area contributed by atoms with Crippen LogP contribution in [0.5, 0.6) is 0 Å². The molecule has 0 radical (unpaired) electrons. The molecular formula is C17H15ClN2O2. The summed E-state index contributed by atoms with van der Waals surface area (Å²) in [6, 6.07) is 10.5. The molecule has 1 amide bonds. The number of hydrogen-bond donors (Lipinski definition) is 1. The Morgan fingerprint density at radius 3 is 2.82 bits per heavy atom. The lowest BCUT2D eigenvalue weighted by atomic mass is 10.1. The number of hydrogen-bond acceptors (Lipinski definition) is 3. The molecule has 0 saturated carbocycles. The van der Waals surface area contributed by atoms with Crippen LogP contribution in [0.2, 0.25) is 5.02 Å². The fraction of sp³-hybridized carbons (Fsp3) is 0.176. The fourth-order valence-corrected chi connectivity index (χ4v) is 2.57. The highest BCUT2D eigenvalue weighted by Crippen LogP contribution is 2.25. The Hall–Kier alpha value is -2.33. The molecule has 0 spiro atoms. The molecule has 0 bridgehead atoms. The molecule has 3 rings (SSSR count). The van der Waals surface area contributed by atoms with Crippen LogP contribution in [-0.2, 0) is 0 Å². The molecule has 0 fully saturated rings. The van der Waals surface area contributed by atoms with Gasteiger partial charge in [0.1, 0.15) is 11.5 Å². The Morgan fingerprint density at radius 1 is 1.27 bits per heavy atom. The van der Waals surface area contributed by atoms with Crippen LogP contribution < -0.4 is 5.32 Å². The first-order valence-corrected chi connectivity index (χ1v) is 7.34.